The molecule has 2 aliphatic heterocycles. The molecule has 2 heterocycles. The number of nitrogens with zero attached hydrogens (tertiary/aromatic N) is 1. The van der Waals surface area contributed by atoms with Gasteiger partial charge in [-0.15, -0.1) is 0 Å². The van der Waals surface area contributed by atoms with Gasteiger partial charge in [-0.1, -0.05) is 0 Å². The number of piperidine rings is 1. The van der Waals surface area contributed by atoms with E-state index >= 15 is 0 Å². The van der Waals surface area contributed by atoms with Gasteiger partial charge in [0.2, 0.25) is 0 Å². The van der Waals surface area contributed by atoms with Crippen LogP contribution in [0.5, 0.6) is 0 Å². The van der Waals surface area contributed by atoms with Crippen LogP contribution in [0, 0.1) is 17.6 Å². The van der Waals surface area contributed by atoms with Crippen LogP contribution in [-0.2, 0) is 6.42 Å². The third-order valence-electron chi connectivity index (χ3n) is 5.32. The van der Waals surface area contributed by atoms with Gasteiger partial charge in [-0.25, -0.2) is 8.78 Å². The van der Waals surface area contributed by atoms with Gasteiger partial charge in [0.1, 0.15) is 11.6 Å². The van der Waals surface area contributed by atoms with Crippen molar-refractivity contribution in [2.75, 3.05) is 7.05 Å². The first kappa shape index (κ1) is 15.4. The summed E-state index contributed by atoms with van der Waals surface area (Å²) in [6, 6.07) is 3.71. The summed E-state index contributed by atoms with van der Waals surface area (Å²) in [6.45, 7) is 0. The van der Waals surface area contributed by atoms with E-state index in [9.17, 15) is 8.78 Å². The molecule has 2 fully saturated rings. The van der Waals surface area contributed by atoms with Gasteiger partial charge in [0.05, 0.1) is 4.47 Å². The lowest BCUT2D eigenvalue weighted by Crippen LogP contribution is -2.46. The van der Waals surface area contributed by atoms with E-state index in [1.54, 1.807) is 0 Å². The maximum Gasteiger partial charge on any atom is 0.143 e. The largest absolute Gasteiger partial charge is 0.327 e. The zero-order chi connectivity index (χ0) is 15.1. The van der Waals surface area contributed by atoms with Gasteiger partial charge in [-0.2, -0.15) is 0 Å². The highest BCUT2D eigenvalue weighted by Gasteiger charge is 2.40. The molecule has 2 bridgehead atoms. The van der Waals surface area contributed by atoms with E-state index in [-0.39, 0.29) is 18.0 Å². The van der Waals surface area contributed by atoms with Crippen molar-refractivity contribution in [2.24, 2.45) is 11.7 Å². The number of nitrogens with two attached hydrogens (primary N) is 1. The Morgan fingerprint density at radius 2 is 1.90 bits per heavy atom. The average Bonchev–Trinajstić information content (AvgIpc) is 2.68. The molecule has 21 heavy (non-hydrogen) atoms. The molecule has 116 valence electrons. The lowest BCUT2D eigenvalue weighted by molar-refractivity contribution is 0.120. The minimum absolute atomic E-state index is 0.114. The van der Waals surface area contributed by atoms with Crippen LogP contribution in [0.15, 0.2) is 16.6 Å². The molecule has 0 radical (unpaired) electrons. The van der Waals surface area contributed by atoms with Gasteiger partial charge in [0.15, 0.2) is 0 Å². The molecule has 1 aromatic carbocycles. The molecule has 3 atom stereocenters. The molecule has 3 unspecified atom stereocenters. The highest BCUT2D eigenvalue weighted by molar-refractivity contribution is 9.10. The molecule has 2 aliphatic rings. The smallest absolute Gasteiger partial charge is 0.143 e. The number of hydrogen-bond donors (Lipinski definition) is 1. The molecule has 0 saturated carbocycles. The molecule has 2 nitrogen and oxygen atoms in total. The fraction of sp³-hybridized carbons (Fsp3) is 0.625. The minimum atomic E-state index is -0.513. The van der Waals surface area contributed by atoms with Gasteiger partial charge in [-0.05, 0) is 73.1 Å². The molecule has 3 rings (SSSR count). The zero-order valence-electron chi connectivity index (χ0n) is 12.2. The summed E-state index contributed by atoms with van der Waals surface area (Å²) in [4.78, 5) is 2.45. The number of benzene rings is 1. The molecule has 0 aromatic heterocycles. The van der Waals surface area contributed by atoms with Crippen LogP contribution < -0.4 is 5.73 Å². The van der Waals surface area contributed by atoms with Gasteiger partial charge < -0.3 is 10.6 Å². The highest BCUT2D eigenvalue weighted by Crippen LogP contribution is 2.39. The van der Waals surface area contributed by atoms with E-state index in [4.69, 9.17) is 5.73 Å². The second-order valence-corrected chi connectivity index (χ2v) is 7.33. The van der Waals surface area contributed by atoms with Crippen LogP contribution in [0.25, 0.3) is 0 Å². The third kappa shape index (κ3) is 2.88. The summed E-state index contributed by atoms with van der Waals surface area (Å²) in [7, 11) is 2.18. The number of fused-ring (bicyclic) bond motifs is 2. The quantitative estimate of drug-likeness (QED) is 0.838. The Bertz CT molecular complexity index is 523. The molecular weight excluding hydrogens is 338 g/mol. The molecular formula is C16H21BrF2N2. The number of halogens is 3. The summed E-state index contributed by atoms with van der Waals surface area (Å²) >= 11 is 3.11. The lowest BCUT2D eigenvalue weighted by atomic mass is 9.83. The highest BCUT2D eigenvalue weighted by atomic mass is 79.9. The SMILES string of the molecule is CN1C2CCC1CC(C(N)Cc1c(F)ccc(Br)c1F)C2. The maximum absolute atomic E-state index is 14.1. The van der Waals surface area contributed by atoms with E-state index in [1.165, 1.54) is 25.0 Å². The van der Waals surface area contributed by atoms with E-state index in [0.29, 0.717) is 22.5 Å². The van der Waals surface area contributed by atoms with Crippen molar-refractivity contribution < 1.29 is 8.78 Å². The predicted molar refractivity (Wildman–Crippen MR) is 83.0 cm³/mol. The lowest BCUT2D eigenvalue weighted by Gasteiger charge is -2.38. The Hall–Kier alpha value is -0.520. The van der Waals surface area contributed by atoms with Crippen LogP contribution in [0.3, 0.4) is 0 Å². The first-order valence-electron chi connectivity index (χ1n) is 7.57. The van der Waals surface area contributed by atoms with E-state index in [1.807, 2.05) is 0 Å². The maximum atomic E-state index is 14.1. The minimum Gasteiger partial charge on any atom is -0.327 e. The first-order valence-corrected chi connectivity index (χ1v) is 8.36. The Labute approximate surface area is 132 Å². The monoisotopic (exact) mass is 358 g/mol. The van der Waals surface area contributed by atoms with Gasteiger partial charge in [0, 0.05) is 23.7 Å². The predicted octanol–water partition coefficient (Wildman–Crippen LogP) is 3.47. The Morgan fingerprint density at radius 1 is 1.29 bits per heavy atom. The van der Waals surface area contributed by atoms with Crippen LogP contribution in [0.4, 0.5) is 8.78 Å². The molecule has 2 N–H and O–H groups in total. The number of rotatable bonds is 3. The Kier molecular flexibility index (Phi) is 4.35. The summed E-state index contributed by atoms with van der Waals surface area (Å²) in [5, 5.41) is 0. The summed E-state index contributed by atoms with van der Waals surface area (Å²) in [5.41, 5.74) is 6.41. The fourth-order valence-electron chi connectivity index (χ4n) is 3.96. The van der Waals surface area contributed by atoms with Crippen molar-refractivity contribution in [1.29, 1.82) is 0 Å². The van der Waals surface area contributed by atoms with Gasteiger partial charge in [0.25, 0.3) is 0 Å². The fourth-order valence-corrected chi connectivity index (χ4v) is 4.33. The second kappa shape index (κ2) is 5.94. The summed E-state index contributed by atoms with van der Waals surface area (Å²) < 4.78 is 28.2. The summed E-state index contributed by atoms with van der Waals surface area (Å²) in [5.74, 6) is -0.653. The summed E-state index contributed by atoms with van der Waals surface area (Å²) in [6.07, 6.45) is 4.82. The molecule has 0 spiro atoms. The average molecular weight is 359 g/mol. The Morgan fingerprint density at radius 3 is 2.52 bits per heavy atom. The molecule has 1 aromatic rings. The van der Waals surface area contributed by atoms with Gasteiger partial charge >= 0.3 is 0 Å². The topological polar surface area (TPSA) is 29.3 Å². The molecule has 0 aliphatic carbocycles. The first-order chi connectivity index (χ1) is 9.97. The second-order valence-electron chi connectivity index (χ2n) is 6.47. The van der Waals surface area contributed by atoms with Crippen LogP contribution in [0.2, 0.25) is 0 Å². The Balaban J connectivity index is 1.73. The third-order valence-corrected chi connectivity index (χ3v) is 5.93. The molecule has 2 saturated heterocycles. The molecule has 0 amide bonds. The standard InChI is InChI=1S/C16H21BrF2N2/c1-21-10-2-3-11(21)7-9(6-10)15(20)8-12-14(18)5-4-13(17)16(12)19/h4-5,9-11,15H,2-3,6-8,20H2,1H3. The van der Waals surface area contributed by atoms with Crippen molar-refractivity contribution in [3.05, 3.63) is 33.8 Å². The van der Waals surface area contributed by atoms with E-state index in [2.05, 4.69) is 27.9 Å². The van der Waals surface area contributed by atoms with Gasteiger partial charge in [-0.3, -0.25) is 0 Å². The van der Waals surface area contributed by atoms with Crippen molar-refractivity contribution in [1.82, 2.24) is 4.90 Å². The van der Waals surface area contributed by atoms with Crippen LogP contribution in [-0.4, -0.2) is 30.1 Å². The van der Waals surface area contributed by atoms with Crippen molar-refractivity contribution in [3.63, 3.8) is 0 Å². The van der Waals surface area contributed by atoms with E-state index < -0.39 is 11.6 Å². The zero-order valence-corrected chi connectivity index (χ0v) is 13.7. The van der Waals surface area contributed by atoms with Crippen molar-refractivity contribution in [2.45, 2.75) is 50.2 Å². The van der Waals surface area contributed by atoms with Crippen molar-refractivity contribution >= 4 is 15.9 Å². The normalized spacial score (nSPS) is 30.6. The molecule has 5 heteroatoms. The van der Waals surface area contributed by atoms with Crippen LogP contribution in [0.1, 0.15) is 31.2 Å². The van der Waals surface area contributed by atoms with Crippen LogP contribution >= 0.6 is 15.9 Å². The number of hydrogen-bond acceptors (Lipinski definition) is 2. The van der Waals surface area contributed by atoms with E-state index in [0.717, 1.165) is 12.8 Å². The van der Waals surface area contributed by atoms with Crippen molar-refractivity contribution in [3.8, 4) is 0 Å².